The van der Waals surface area contributed by atoms with Gasteiger partial charge in [-0.3, -0.25) is 10.1 Å². The number of benzene rings is 1. The normalized spacial score (nSPS) is 12.2. The van der Waals surface area contributed by atoms with Gasteiger partial charge in [0.2, 0.25) is 9.47 Å². The van der Waals surface area contributed by atoms with Crippen LogP contribution in [0.3, 0.4) is 0 Å². The van der Waals surface area contributed by atoms with Crippen LogP contribution in [0.5, 0.6) is 0 Å². The largest absolute Gasteiger partial charge is 0.296 e. The number of aromatic nitrogens is 2. The minimum absolute atomic E-state index is 0.107. The molecule has 26 heavy (non-hydrogen) atoms. The van der Waals surface area contributed by atoms with Crippen molar-refractivity contribution in [2.75, 3.05) is 5.32 Å². The van der Waals surface area contributed by atoms with Crippen molar-refractivity contribution < 1.29 is 13.2 Å². The highest BCUT2D eigenvalue weighted by Gasteiger charge is 2.28. The summed E-state index contributed by atoms with van der Waals surface area (Å²) in [6.45, 7) is 7.80. The quantitative estimate of drug-likeness (QED) is 0.673. The number of anilines is 1. The fourth-order valence-electron chi connectivity index (χ4n) is 2.41. The van der Waals surface area contributed by atoms with Gasteiger partial charge >= 0.3 is 0 Å². The molecule has 0 aliphatic rings. The molecule has 0 atom stereocenters. The number of hydrogen-bond donors (Lipinski definition) is 2. The molecule has 0 aliphatic carbocycles. The smallest absolute Gasteiger partial charge is 0.270 e. The van der Waals surface area contributed by atoms with E-state index in [2.05, 4.69) is 20.2 Å². The molecule has 0 unspecified atom stereocenters. The van der Waals surface area contributed by atoms with E-state index in [0.717, 1.165) is 11.3 Å². The lowest BCUT2D eigenvalue weighted by Gasteiger charge is -2.24. The Hall–Kier alpha value is -1.55. The van der Waals surface area contributed by atoms with Gasteiger partial charge in [0.15, 0.2) is 0 Å². The number of halogens is 1. The zero-order valence-corrected chi connectivity index (χ0v) is 17.2. The second kappa shape index (κ2) is 8.43. The number of sulfonamides is 1. The molecule has 0 saturated heterocycles. The average molecular weight is 417 g/mol. The first-order valence-corrected chi connectivity index (χ1v) is 10.7. The monoisotopic (exact) mass is 416 g/mol. The molecule has 1 heterocycles. The second-order valence-electron chi connectivity index (χ2n) is 6.47. The van der Waals surface area contributed by atoms with Crippen molar-refractivity contribution in [2.45, 2.75) is 38.1 Å². The Morgan fingerprint density at radius 1 is 1.08 bits per heavy atom. The summed E-state index contributed by atoms with van der Waals surface area (Å²) in [4.78, 5) is 12.2. The van der Waals surface area contributed by atoms with Crippen molar-refractivity contribution in [2.24, 2.45) is 11.8 Å². The summed E-state index contributed by atoms with van der Waals surface area (Å²) >= 11 is 6.59. The Morgan fingerprint density at radius 2 is 1.65 bits per heavy atom. The van der Waals surface area contributed by atoms with Crippen LogP contribution in [-0.4, -0.2) is 30.6 Å². The van der Waals surface area contributed by atoms with Gasteiger partial charge in [-0.05, 0) is 36.1 Å². The maximum absolute atomic E-state index is 12.5. The number of carbonyl (C=O) groups is 1. The lowest BCUT2D eigenvalue weighted by molar-refractivity contribution is 0.102. The third-order valence-corrected chi connectivity index (χ3v) is 6.61. The molecule has 0 saturated carbocycles. The summed E-state index contributed by atoms with van der Waals surface area (Å²) in [5, 5.41) is 10.6. The average Bonchev–Trinajstić information content (AvgIpc) is 3.02. The van der Waals surface area contributed by atoms with E-state index in [0.29, 0.717) is 10.6 Å². The molecule has 10 heteroatoms. The van der Waals surface area contributed by atoms with Crippen LogP contribution in [0.25, 0.3) is 0 Å². The van der Waals surface area contributed by atoms with E-state index < -0.39 is 15.9 Å². The lowest BCUT2D eigenvalue weighted by Crippen LogP contribution is -2.42. The Morgan fingerprint density at radius 3 is 2.19 bits per heavy atom. The van der Waals surface area contributed by atoms with Crippen molar-refractivity contribution in [1.29, 1.82) is 0 Å². The first-order valence-electron chi connectivity index (χ1n) is 8.03. The molecule has 2 N–H and O–H groups in total. The van der Waals surface area contributed by atoms with Gasteiger partial charge < -0.3 is 0 Å². The van der Waals surface area contributed by atoms with Gasteiger partial charge in [0.1, 0.15) is 0 Å². The summed E-state index contributed by atoms with van der Waals surface area (Å²) in [5.41, 5.74) is 0.381. The van der Waals surface area contributed by atoms with Crippen molar-refractivity contribution in [3.63, 3.8) is 0 Å². The van der Waals surface area contributed by atoms with Crippen molar-refractivity contribution in [3.8, 4) is 0 Å². The SMILES string of the molecule is CC(C)C(NS(=O)(=O)c1nnc(NC(=O)c2ccc(Cl)cc2)s1)C(C)C. The van der Waals surface area contributed by atoms with Crippen molar-refractivity contribution in [1.82, 2.24) is 14.9 Å². The summed E-state index contributed by atoms with van der Waals surface area (Å²) in [5.74, 6) is -0.166. The fourth-order valence-corrected chi connectivity index (χ4v) is 4.98. The molecule has 1 amide bonds. The van der Waals surface area contributed by atoms with Gasteiger partial charge in [-0.25, -0.2) is 13.1 Å². The highest BCUT2D eigenvalue weighted by Crippen LogP contribution is 2.23. The van der Waals surface area contributed by atoms with Crippen molar-refractivity contribution >= 4 is 44.0 Å². The van der Waals surface area contributed by atoms with E-state index in [1.807, 2.05) is 27.7 Å². The van der Waals surface area contributed by atoms with Gasteiger partial charge in [-0.1, -0.05) is 50.6 Å². The van der Waals surface area contributed by atoms with Crippen LogP contribution in [0.2, 0.25) is 5.02 Å². The molecule has 2 rings (SSSR count). The predicted molar refractivity (Wildman–Crippen MR) is 103 cm³/mol. The van der Waals surface area contributed by atoms with Crippen LogP contribution in [0.4, 0.5) is 5.13 Å². The van der Waals surface area contributed by atoms with Gasteiger partial charge in [0, 0.05) is 16.6 Å². The van der Waals surface area contributed by atoms with Gasteiger partial charge in [0.25, 0.3) is 15.9 Å². The van der Waals surface area contributed by atoms with Crippen LogP contribution >= 0.6 is 22.9 Å². The number of carbonyl (C=O) groups excluding carboxylic acids is 1. The van der Waals surface area contributed by atoms with Crippen LogP contribution in [-0.2, 0) is 10.0 Å². The minimum atomic E-state index is -3.81. The topological polar surface area (TPSA) is 101 Å². The first kappa shape index (κ1) is 20.8. The number of nitrogens with one attached hydrogen (secondary N) is 2. The third-order valence-electron chi connectivity index (χ3n) is 3.69. The van der Waals surface area contributed by atoms with E-state index in [1.54, 1.807) is 24.3 Å². The van der Waals surface area contributed by atoms with Gasteiger partial charge in [-0.2, -0.15) is 0 Å². The number of hydrogen-bond acceptors (Lipinski definition) is 6. The standard InChI is InChI=1S/C16H21ClN4O3S2/c1-9(2)13(10(3)4)21-26(23,24)16-20-19-15(25-16)18-14(22)11-5-7-12(17)8-6-11/h5-10,13,21H,1-4H3,(H,18,19,22). The summed E-state index contributed by atoms with van der Waals surface area (Å²) in [7, 11) is -3.81. The molecule has 142 valence electrons. The number of rotatable bonds is 7. The minimum Gasteiger partial charge on any atom is -0.296 e. The zero-order chi connectivity index (χ0) is 19.5. The maximum atomic E-state index is 12.5. The van der Waals surface area contributed by atoms with Crippen LogP contribution in [0.1, 0.15) is 38.1 Å². The molecular formula is C16H21ClN4O3S2. The van der Waals surface area contributed by atoms with E-state index in [4.69, 9.17) is 11.6 Å². The van der Waals surface area contributed by atoms with E-state index in [9.17, 15) is 13.2 Å². The Labute approximate surface area is 162 Å². The summed E-state index contributed by atoms with van der Waals surface area (Å²) in [6.07, 6.45) is 0. The Balaban J connectivity index is 2.13. The maximum Gasteiger partial charge on any atom is 0.270 e. The summed E-state index contributed by atoms with van der Waals surface area (Å²) in [6, 6.07) is 6.08. The van der Waals surface area contributed by atoms with Gasteiger partial charge in [-0.15, -0.1) is 10.2 Å². The van der Waals surface area contributed by atoms with E-state index in [-0.39, 0.29) is 27.3 Å². The highest BCUT2D eigenvalue weighted by atomic mass is 35.5. The second-order valence-corrected chi connectivity index (χ2v) is 9.77. The predicted octanol–water partition coefficient (Wildman–Crippen LogP) is 3.40. The Bertz CT molecular complexity index is 856. The van der Waals surface area contributed by atoms with Crippen LogP contribution < -0.4 is 10.0 Å². The third kappa shape index (κ3) is 5.23. The Kier molecular flexibility index (Phi) is 6.73. The molecular weight excluding hydrogens is 396 g/mol. The zero-order valence-electron chi connectivity index (χ0n) is 14.9. The number of amides is 1. The fraction of sp³-hybridized carbons (Fsp3) is 0.438. The molecule has 0 spiro atoms. The molecule has 2 aromatic rings. The first-order chi connectivity index (χ1) is 12.1. The van der Waals surface area contributed by atoms with Crippen LogP contribution in [0, 0.1) is 11.8 Å². The van der Waals surface area contributed by atoms with Crippen molar-refractivity contribution in [3.05, 3.63) is 34.9 Å². The van der Waals surface area contributed by atoms with Gasteiger partial charge in [0.05, 0.1) is 0 Å². The summed E-state index contributed by atoms with van der Waals surface area (Å²) < 4.78 is 27.5. The molecule has 0 bridgehead atoms. The lowest BCUT2D eigenvalue weighted by atomic mass is 9.94. The number of nitrogens with zero attached hydrogens (tertiary/aromatic N) is 2. The molecule has 0 radical (unpaired) electrons. The highest BCUT2D eigenvalue weighted by molar-refractivity contribution is 7.91. The van der Waals surface area contributed by atoms with Crippen LogP contribution in [0.15, 0.2) is 28.6 Å². The molecule has 1 aromatic carbocycles. The molecule has 0 fully saturated rings. The molecule has 1 aromatic heterocycles. The van der Waals surface area contributed by atoms with E-state index >= 15 is 0 Å². The van der Waals surface area contributed by atoms with E-state index in [1.165, 1.54) is 0 Å². The molecule has 7 nitrogen and oxygen atoms in total. The molecule has 0 aliphatic heterocycles.